The van der Waals surface area contributed by atoms with Gasteiger partial charge in [-0.1, -0.05) is 54.7 Å². The summed E-state index contributed by atoms with van der Waals surface area (Å²) in [5.41, 5.74) is 5.57. The third-order valence-corrected chi connectivity index (χ3v) is 11.7. The summed E-state index contributed by atoms with van der Waals surface area (Å²) in [4.78, 5) is 16.9. The van der Waals surface area contributed by atoms with Crippen molar-refractivity contribution >= 4 is 35.2 Å². The van der Waals surface area contributed by atoms with E-state index in [4.69, 9.17) is 14.6 Å². The lowest BCUT2D eigenvalue weighted by molar-refractivity contribution is -0.137. The minimum atomic E-state index is -0.731. The van der Waals surface area contributed by atoms with Crippen LogP contribution in [0.1, 0.15) is 69.8 Å². The number of hydrogen-bond acceptors (Lipinski definition) is 6. The Bertz CT molecular complexity index is 1440. The molecule has 2 aromatic rings. The standard InChI is InChI=1S/C34H37NO4S2/c1-22-24-21-25-29(39-28(24)13-17-34(15-7-16-34)26-8-4-5-9-30(26)40-22)14-18-35-27-20-23(11-12-31(27)41-33(25)35)38-19-6-2-3-10-32(36)37/h4-5,8-9,11-12,20-21,28-29H,1-3,6-7,10,13-19H2,(H,36,37). The molecule has 1 aliphatic carbocycles. The van der Waals surface area contributed by atoms with Crippen molar-refractivity contribution in [2.24, 2.45) is 0 Å². The van der Waals surface area contributed by atoms with Gasteiger partial charge in [-0.15, -0.1) is 0 Å². The summed E-state index contributed by atoms with van der Waals surface area (Å²) in [6, 6.07) is 15.4. The topological polar surface area (TPSA) is 59.0 Å². The second kappa shape index (κ2) is 11.2. The van der Waals surface area contributed by atoms with Gasteiger partial charge in [-0.2, -0.15) is 0 Å². The molecule has 1 fully saturated rings. The highest BCUT2D eigenvalue weighted by molar-refractivity contribution is 8.04. The first-order chi connectivity index (χ1) is 20.0. The van der Waals surface area contributed by atoms with E-state index in [0.29, 0.717) is 18.4 Å². The molecule has 4 aliphatic heterocycles. The van der Waals surface area contributed by atoms with E-state index in [1.54, 1.807) is 0 Å². The number of carbonyl (C=O) groups is 1. The zero-order valence-electron chi connectivity index (χ0n) is 23.4. The minimum absolute atomic E-state index is 0.104. The van der Waals surface area contributed by atoms with Gasteiger partial charge >= 0.3 is 5.97 Å². The number of fused-ring (bicyclic) bond motifs is 7. The lowest BCUT2D eigenvalue weighted by Gasteiger charge is -2.44. The molecule has 4 heterocycles. The molecule has 41 heavy (non-hydrogen) atoms. The van der Waals surface area contributed by atoms with Crippen LogP contribution < -0.4 is 9.64 Å². The van der Waals surface area contributed by atoms with Crippen molar-refractivity contribution in [3.8, 4) is 5.75 Å². The zero-order valence-corrected chi connectivity index (χ0v) is 25.0. The van der Waals surface area contributed by atoms with Gasteiger partial charge < -0.3 is 19.5 Å². The summed E-state index contributed by atoms with van der Waals surface area (Å²) in [5, 5.41) is 10.1. The van der Waals surface area contributed by atoms with Gasteiger partial charge in [0.25, 0.3) is 0 Å². The van der Waals surface area contributed by atoms with Crippen molar-refractivity contribution in [3.63, 3.8) is 0 Å². The van der Waals surface area contributed by atoms with Crippen LogP contribution in [0.2, 0.25) is 0 Å². The Balaban J connectivity index is 1.12. The van der Waals surface area contributed by atoms with Crippen LogP contribution in [0.3, 0.4) is 0 Å². The molecule has 1 N–H and O–H groups in total. The Hall–Kier alpha value is -2.61. The van der Waals surface area contributed by atoms with Gasteiger partial charge in [-0.25, -0.2) is 0 Å². The molecule has 5 nitrogen and oxygen atoms in total. The Morgan fingerprint density at radius 3 is 2.76 bits per heavy atom. The first kappa shape index (κ1) is 27.2. The van der Waals surface area contributed by atoms with E-state index in [1.165, 1.54) is 62.9 Å². The highest BCUT2D eigenvalue weighted by atomic mass is 32.2. The molecular weight excluding hydrogens is 551 g/mol. The number of aliphatic carboxylic acids is 1. The van der Waals surface area contributed by atoms with E-state index < -0.39 is 5.97 Å². The van der Waals surface area contributed by atoms with Crippen molar-refractivity contribution in [3.05, 3.63) is 81.8 Å². The van der Waals surface area contributed by atoms with Gasteiger partial charge in [-0.05, 0) is 92.2 Å². The number of carboxylic acids is 1. The summed E-state index contributed by atoms with van der Waals surface area (Å²) in [7, 11) is 0. The summed E-state index contributed by atoms with van der Waals surface area (Å²) >= 11 is 3.67. The second-order valence-electron chi connectivity index (χ2n) is 11.9. The largest absolute Gasteiger partial charge is 0.494 e. The Morgan fingerprint density at radius 2 is 1.93 bits per heavy atom. The molecule has 1 spiro atoms. The van der Waals surface area contributed by atoms with Crippen LogP contribution in [-0.2, 0) is 14.9 Å². The lowest BCUT2D eigenvalue weighted by Crippen LogP contribution is -2.40. The first-order valence-corrected chi connectivity index (χ1v) is 16.7. The molecule has 2 unspecified atom stereocenters. The van der Waals surface area contributed by atoms with E-state index in [0.717, 1.165) is 42.9 Å². The molecule has 1 saturated carbocycles. The van der Waals surface area contributed by atoms with Gasteiger partial charge in [0.1, 0.15) is 5.75 Å². The van der Waals surface area contributed by atoms with E-state index >= 15 is 0 Å². The molecule has 0 bridgehead atoms. The SMILES string of the molecule is C=C1Sc2ccccc2C2(CCC2)CCC2OC3CCN4C(=C3C=C12)Sc1ccc(OCCCCCC(=O)O)cc14. The van der Waals surface area contributed by atoms with Crippen LogP contribution in [-0.4, -0.2) is 36.4 Å². The normalized spacial score (nSPS) is 24.0. The molecule has 0 saturated heterocycles. The van der Waals surface area contributed by atoms with E-state index in [-0.39, 0.29) is 18.6 Å². The highest BCUT2D eigenvalue weighted by Crippen LogP contribution is 2.56. The Kier molecular flexibility index (Phi) is 7.46. The van der Waals surface area contributed by atoms with Crippen molar-refractivity contribution in [2.75, 3.05) is 18.1 Å². The summed E-state index contributed by atoms with van der Waals surface area (Å²) in [6.45, 7) is 6.13. The molecule has 2 atom stereocenters. The van der Waals surface area contributed by atoms with Crippen LogP contribution in [0, 0.1) is 0 Å². The maximum absolute atomic E-state index is 10.7. The van der Waals surface area contributed by atoms with Crippen molar-refractivity contribution in [2.45, 2.75) is 91.6 Å². The fraction of sp³-hybridized carbons (Fsp3) is 0.441. The van der Waals surface area contributed by atoms with Gasteiger partial charge in [0.2, 0.25) is 0 Å². The molecule has 0 aromatic heterocycles. The summed E-state index contributed by atoms with van der Waals surface area (Å²) in [6.07, 6.45) is 12.4. The van der Waals surface area contributed by atoms with Gasteiger partial charge in [0.05, 0.1) is 29.5 Å². The molecule has 2 aromatic carbocycles. The van der Waals surface area contributed by atoms with Crippen molar-refractivity contribution in [1.29, 1.82) is 0 Å². The van der Waals surface area contributed by atoms with Gasteiger partial charge in [0.15, 0.2) is 0 Å². The minimum Gasteiger partial charge on any atom is -0.494 e. The number of thioether (sulfide) groups is 2. The third kappa shape index (κ3) is 5.15. The number of benzene rings is 2. The van der Waals surface area contributed by atoms with E-state index in [9.17, 15) is 4.79 Å². The number of unbranched alkanes of at least 4 members (excludes halogenated alkanes) is 2. The molecule has 5 aliphatic rings. The number of nitrogens with zero attached hydrogens (tertiary/aromatic N) is 1. The Morgan fingerprint density at radius 1 is 1.05 bits per heavy atom. The van der Waals surface area contributed by atoms with Crippen molar-refractivity contribution < 1.29 is 19.4 Å². The maximum Gasteiger partial charge on any atom is 0.303 e. The molecule has 7 heteroatoms. The van der Waals surface area contributed by atoms with E-state index in [2.05, 4.69) is 60.0 Å². The molecule has 7 rings (SSSR count). The van der Waals surface area contributed by atoms with Gasteiger partial charge in [-0.3, -0.25) is 4.79 Å². The molecule has 214 valence electrons. The van der Waals surface area contributed by atoms with Crippen molar-refractivity contribution in [1.82, 2.24) is 0 Å². The number of carboxylic acid groups (broad SMARTS) is 1. The van der Waals surface area contributed by atoms with Crippen LogP contribution in [0.25, 0.3) is 0 Å². The summed E-state index contributed by atoms with van der Waals surface area (Å²) < 4.78 is 13.0. The number of anilines is 1. The molecule has 0 radical (unpaired) electrons. The first-order valence-electron chi connectivity index (χ1n) is 15.0. The summed E-state index contributed by atoms with van der Waals surface area (Å²) in [5.74, 6) is 0.143. The van der Waals surface area contributed by atoms with E-state index in [1.807, 2.05) is 23.5 Å². The molecular formula is C34H37NO4S2. The molecule has 0 amide bonds. The fourth-order valence-electron chi connectivity index (χ4n) is 7.04. The zero-order chi connectivity index (χ0) is 28.0. The quantitative estimate of drug-likeness (QED) is 0.326. The predicted octanol–water partition coefficient (Wildman–Crippen LogP) is 8.45. The number of hydrogen-bond donors (Lipinski definition) is 1. The van der Waals surface area contributed by atoms with Crippen LogP contribution in [0.15, 0.2) is 86.0 Å². The van der Waals surface area contributed by atoms with Crippen LogP contribution in [0.4, 0.5) is 5.69 Å². The fourth-order valence-corrected chi connectivity index (χ4v) is 9.38. The predicted molar refractivity (Wildman–Crippen MR) is 166 cm³/mol. The Labute approximate surface area is 251 Å². The number of rotatable bonds is 7. The number of ether oxygens (including phenoxy) is 2. The average Bonchev–Trinajstić information content (AvgIpc) is 3.34. The highest BCUT2D eigenvalue weighted by Gasteiger charge is 2.44. The van der Waals surface area contributed by atoms with Crippen LogP contribution >= 0.6 is 23.5 Å². The smallest absolute Gasteiger partial charge is 0.303 e. The third-order valence-electron chi connectivity index (χ3n) is 9.38. The van der Waals surface area contributed by atoms with Gasteiger partial charge in [0, 0.05) is 39.3 Å². The second-order valence-corrected chi connectivity index (χ2v) is 14.1. The monoisotopic (exact) mass is 587 g/mol. The van der Waals surface area contributed by atoms with Crippen LogP contribution in [0.5, 0.6) is 5.75 Å². The maximum atomic E-state index is 10.7. The lowest BCUT2D eigenvalue weighted by atomic mass is 9.61. The average molecular weight is 588 g/mol.